The molecule has 0 unspecified atom stereocenters. The zero-order chi connectivity index (χ0) is 16.4. The van der Waals surface area contributed by atoms with Crippen molar-refractivity contribution in [1.82, 2.24) is 19.8 Å². The smallest absolute Gasteiger partial charge is 0.178 e. The molecule has 4 rings (SSSR count). The Bertz CT molecular complexity index is 811. The highest BCUT2D eigenvalue weighted by Gasteiger charge is 2.27. The molecule has 1 aliphatic heterocycles. The maximum absolute atomic E-state index is 5.94. The largest absolute Gasteiger partial charge is 0.376 e. The van der Waals surface area contributed by atoms with E-state index in [0.29, 0.717) is 0 Å². The van der Waals surface area contributed by atoms with Crippen molar-refractivity contribution in [1.29, 1.82) is 0 Å². The molecule has 0 saturated carbocycles. The molecule has 1 saturated heterocycles. The zero-order valence-corrected chi connectivity index (χ0v) is 13.7. The van der Waals surface area contributed by atoms with Gasteiger partial charge < -0.3 is 10.1 Å². The monoisotopic (exact) mass is 323 g/mol. The van der Waals surface area contributed by atoms with Crippen LogP contribution in [0.25, 0.3) is 5.65 Å². The van der Waals surface area contributed by atoms with E-state index in [4.69, 9.17) is 4.74 Å². The van der Waals surface area contributed by atoms with Crippen LogP contribution < -0.4 is 5.32 Å². The van der Waals surface area contributed by atoms with Crippen LogP contribution in [0.15, 0.2) is 42.5 Å². The van der Waals surface area contributed by atoms with Crippen molar-refractivity contribution in [2.24, 2.45) is 0 Å². The van der Waals surface area contributed by atoms with Crippen LogP contribution in [0.3, 0.4) is 0 Å². The summed E-state index contributed by atoms with van der Waals surface area (Å²) in [7, 11) is 0. The zero-order valence-electron chi connectivity index (χ0n) is 13.7. The summed E-state index contributed by atoms with van der Waals surface area (Å²) in [6, 6.07) is 14.4. The highest BCUT2D eigenvalue weighted by molar-refractivity contribution is 5.45. The molecule has 1 aliphatic rings. The van der Waals surface area contributed by atoms with Gasteiger partial charge in [-0.3, -0.25) is 0 Å². The summed E-state index contributed by atoms with van der Waals surface area (Å²) < 4.78 is 7.74. The van der Waals surface area contributed by atoms with Crippen LogP contribution in [-0.2, 0) is 11.2 Å². The van der Waals surface area contributed by atoms with Gasteiger partial charge in [0.15, 0.2) is 11.5 Å². The molecule has 0 bridgehead atoms. The lowest BCUT2D eigenvalue weighted by molar-refractivity contribution is 0.0953. The number of nitrogens with zero attached hydrogens (tertiary/aromatic N) is 4. The molecule has 1 N–H and O–H groups in total. The number of benzene rings is 1. The van der Waals surface area contributed by atoms with Crippen molar-refractivity contribution in [2.75, 3.05) is 11.9 Å². The Balaban J connectivity index is 1.66. The lowest BCUT2D eigenvalue weighted by Crippen LogP contribution is -2.25. The molecule has 2 atom stereocenters. The van der Waals surface area contributed by atoms with Crippen molar-refractivity contribution < 1.29 is 4.74 Å². The molecular weight excluding hydrogens is 302 g/mol. The predicted molar refractivity (Wildman–Crippen MR) is 91.9 cm³/mol. The van der Waals surface area contributed by atoms with Gasteiger partial charge in [0.05, 0.1) is 12.1 Å². The molecule has 0 aliphatic carbocycles. The summed E-state index contributed by atoms with van der Waals surface area (Å²) in [5, 5.41) is 16.5. The van der Waals surface area contributed by atoms with Gasteiger partial charge in [0.2, 0.25) is 0 Å². The molecule has 6 heteroatoms. The number of fused-ring (bicyclic) bond motifs is 1. The van der Waals surface area contributed by atoms with E-state index in [0.717, 1.165) is 43.2 Å². The molecule has 2 aromatic heterocycles. The van der Waals surface area contributed by atoms with Gasteiger partial charge in [0, 0.05) is 13.0 Å². The molecule has 24 heavy (non-hydrogen) atoms. The topological polar surface area (TPSA) is 64.3 Å². The Morgan fingerprint density at radius 2 is 2.08 bits per heavy atom. The van der Waals surface area contributed by atoms with Gasteiger partial charge in [-0.15, -0.1) is 15.3 Å². The number of ether oxygens (including phenoxy) is 1. The van der Waals surface area contributed by atoms with E-state index in [1.807, 2.05) is 18.2 Å². The summed E-state index contributed by atoms with van der Waals surface area (Å²) in [4.78, 5) is 0. The Labute approximate surface area is 140 Å². The average Bonchev–Trinajstić information content (AvgIpc) is 3.29. The summed E-state index contributed by atoms with van der Waals surface area (Å²) in [5.74, 6) is 1.67. The number of anilines is 1. The molecule has 0 amide bonds. The fourth-order valence-corrected chi connectivity index (χ4v) is 3.21. The number of rotatable bonds is 5. The van der Waals surface area contributed by atoms with E-state index in [9.17, 15) is 0 Å². The number of hydrogen-bond donors (Lipinski definition) is 1. The molecule has 1 aromatic carbocycles. The van der Waals surface area contributed by atoms with E-state index >= 15 is 0 Å². The first kappa shape index (κ1) is 15.1. The Morgan fingerprint density at radius 1 is 1.21 bits per heavy atom. The summed E-state index contributed by atoms with van der Waals surface area (Å²) in [5.41, 5.74) is 1.98. The molecule has 6 nitrogen and oxygen atoms in total. The molecule has 3 aromatic rings. The summed E-state index contributed by atoms with van der Waals surface area (Å²) in [6.07, 6.45) is 3.12. The van der Waals surface area contributed by atoms with E-state index in [-0.39, 0.29) is 12.1 Å². The molecular formula is C18H21N5O. The first-order valence-corrected chi connectivity index (χ1v) is 8.49. The van der Waals surface area contributed by atoms with Gasteiger partial charge in [-0.1, -0.05) is 37.3 Å². The van der Waals surface area contributed by atoms with E-state index in [1.165, 1.54) is 5.56 Å². The third-order valence-corrected chi connectivity index (χ3v) is 4.44. The third kappa shape index (κ3) is 2.85. The molecule has 1 fully saturated rings. The minimum Gasteiger partial charge on any atom is -0.376 e. The minimum absolute atomic E-state index is 0.0835. The normalized spacial score (nSPS) is 18.8. The van der Waals surface area contributed by atoms with E-state index in [2.05, 4.69) is 51.8 Å². The van der Waals surface area contributed by atoms with Crippen molar-refractivity contribution in [3.63, 3.8) is 0 Å². The van der Waals surface area contributed by atoms with Crippen molar-refractivity contribution in [3.8, 4) is 0 Å². The number of aryl methyl sites for hydroxylation is 1. The fourth-order valence-electron chi connectivity index (χ4n) is 3.21. The fraction of sp³-hybridized carbons (Fsp3) is 0.389. The maximum Gasteiger partial charge on any atom is 0.178 e. The van der Waals surface area contributed by atoms with Crippen LogP contribution in [0.1, 0.15) is 37.2 Å². The van der Waals surface area contributed by atoms with Crippen molar-refractivity contribution in [3.05, 3.63) is 53.9 Å². The second kappa shape index (κ2) is 6.57. The number of aromatic nitrogens is 4. The number of nitrogens with one attached hydrogen (secondary N) is 1. The molecule has 3 heterocycles. The Morgan fingerprint density at radius 3 is 2.83 bits per heavy atom. The highest BCUT2D eigenvalue weighted by Crippen LogP contribution is 2.29. The van der Waals surface area contributed by atoms with Crippen molar-refractivity contribution in [2.45, 2.75) is 38.3 Å². The third-order valence-electron chi connectivity index (χ3n) is 4.44. The SMILES string of the molecule is CCc1nnc2ccc(N[C@H](c3ccccc3)[C@H]3CCCO3)nn12. The standard InChI is InChI=1S/C18H21N5O/c1-2-16-20-21-17-11-10-15(22-23(16)17)19-18(14-9-6-12-24-14)13-7-4-3-5-8-13/h3-5,7-8,10-11,14,18H,2,6,9,12H2,1H3,(H,19,22)/t14-,18-/m1/s1. The molecule has 0 spiro atoms. The van der Waals surface area contributed by atoms with Gasteiger partial charge >= 0.3 is 0 Å². The summed E-state index contributed by atoms with van der Waals surface area (Å²) in [6.45, 7) is 2.88. The molecule has 0 radical (unpaired) electrons. The van der Waals surface area contributed by atoms with Gasteiger partial charge in [0.25, 0.3) is 0 Å². The first-order valence-electron chi connectivity index (χ1n) is 8.49. The predicted octanol–water partition coefficient (Wildman–Crippen LogP) is 3.02. The number of hydrogen-bond acceptors (Lipinski definition) is 5. The average molecular weight is 323 g/mol. The van der Waals surface area contributed by atoms with Crippen LogP contribution in [-0.4, -0.2) is 32.5 Å². The van der Waals surface area contributed by atoms with Crippen LogP contribution >= 0.6 is 0 Å². The Kier molecular flexibility index (Phi) is 4.13. The van der Waals surface area contributed by atoms with Gasteiger partial charge in [-0.2, -0.15) is 4.52 Å². The van der Waals surface area contributed by atoms with Crippen LogP contribution in [0.5, 0.6) is 0 Å². The van der Waals surface area contributed by atoms with Gasteiger partial charge in [-0.05, 0) is 30.5 Å². The lowest BCUT2D eigenvalue weighted by Gasteiger charge is -2.25. The van der Waals surface area contributed by atoms with Gasteiger partial charge in [-0.25, -0.2) is 0 Å². The summed E-state index contributed by atoms with van der Waals surface area (Å²) >= 11 is 0. The molecule has 124 valence electrons. The Hall–Kier alpha value is -2.47. The van der Waals surface area contributed by atoms with Crippen LogP contribution in [0.4, 0.5) is 5.82 Å². The van der Waals surface area contributed by atoms with E-state index < -0.39 is 0 Å². The first-order chi connectivity index (χ1) is 11.8. The minimum atomic E-state index is 0.0835. The van der Waals surface area contributed by atoms with E-state index in [1.54, 1.807) is 4.52 Å². The van der Waals surface area contributed by atoms with Gasteiger partial charge in [0.1, 0.15) is 5.82 Å². The van der Waals surface area contributed by atoms with Crippen LogP contribution in [0, 0.1) is 0 Å². The van der Waals surface area contributed by atoms with Crippen LogP contribution in [0.2, 0.25) is 0 Å². The van der Waals surface area contributed by atoms with Crippen molar-refractivity contribution >= 4 is 11.5 Å². The maximum atomic E-state index is 5.94. The quantitative estimate of drug-likeness (QED) is 0.782. The second-order valence-corrected chi connectivity index (χ2v) is 6.04. The lowest BCUT2D eigenvalue weighted by atomic mass is 9.99. The second-order valence-electron chi connectivity index (χ2n) is 6.04. The highest BCUT2D eigenvalue weighted by atomic mass is 16.5.